The van der Waals surface area contributed by atoms with Crippen LogP contribution in [0.2, 0.25) is 4.47 Å². The van der Waals surface area contributed by atoms with Gasteiger partial charge in [-0.2, -0.15) is 0 Å². The normalized spacial score (nSPS) is 11.6. The average Bonchev–Trinajstić information content (AvgIpc) is 2.65. The van der Waals surface area contributed by atoms with E-state index in [1.54, 1.807) is 6.92 Å². The predicted molar refractivity (Wildman–Crippen MR) is 73.8 cm³/mol. The number of nitrogens with one attached hydrogen (secondary N) is 1. The smallest absolute Gasteiger partial charge is 0.273 e. The summed E-state index contributed by atoms with van der Waals surface area (Å²) in [6.07, 6.45) is 0. The highest BCUT2D eigenvalue weighted by Crippen LogP contribution is 2.29. The second kappa shape index (κ2) is 5.07. The Bertz CT molecular complexity index is 728. The fourth-order valence-electron chi connectivity index (χ4n) is 1.51. The molecule has 102 valence electrons. The van der Waals surface area contributed by atoms with Crippen molar-refractivity contribution >= 4 is 38.6 Å². The van der Waals surface area contributed by atoms with Gasteiger partial charge in [-0.05, 0) is 26.0 Å². The first-order valence-electron chi connectivity index (χ1n) is 5.22. The third kappa shape index (κ3) is 2.88. The zero-order valence-electron chi connectivity index (χ0n) is 10.1. The molecular formula is C11H10ClFN2O2S2. The molecule has 0 aliphatic heterocycles. The number of halogens is 2. The quantitative estimate of drug-likeness (QED) is 0.943. The van der Waals surface area contributed by atoms with Crippen molar-refractivity contribution < 1.29 is 12.8 Å². The topological polar surface area (TPSA) is 59.1 Å². The summed E-state index contributed by atoms with van der Waals surface area (Å²) in [6, 6.07) is 4.20. The zero-order chi connectivity index (χ0) is 14.2. The number of hydrogen-bond donors (Lipinski definition) is 1. The summed E-state index contributed by atoms with van der Waals surface area (Å²) in [5.41, 5.74) is 0.750. The van der Waals surface area contributed by atoms with Crippen LogP contribution in [0, 0.1) is 19.7 Å². The molecule has 0 saturated heterocycles. The molecule has 0 fully saturated rings. The number of anilines is 1. The molecule has 1 N–H and O–H groups in total. The van der Waals surface area contributed by atoms with Gasteiger partial charge in [-0.25, -0.2) is 17.8 Å². The summed E-state index contributed by atoms with van der Waals surface area (Å²) >= 11 is 6.55. The van der Waals surface area contributed by atoms with Crippen molar-refractivity contribution in [2.24, 2.45) is 0 Å². The summed E-state index contributed by atoms with van der Waals surface area (Å²) < 4.78 is 40.2. The molecule has 0 unspecified atom stereocenters. The van der Waals surface area contributed by atoms with E-state index in [0.717, 1.165) is 11.3 Å². The fraction of sp³-hybridized carbons (Fsp3) is 0.182. The SMILES string of the molecule is Cc1nc(Cl)sc1S(=O)(=O)Nc1cccc(F)c1C. The molecule has 1 aromatic carbocycles. The molecule has 0 saturated carbocycles. The lowest BCUT2D eigenvalue weighted by molar-refractivity contribution is 0.602. The van der Waals surface area contributed by atoms with E-state index >= 15 is 0 Å². The molecule has 0 aliphatic rings. The molecule has 0 aliphatic carbocycles. The van der Waals surface area contributed by atoms with Crippen LogP contribution >= 0.6 is 22.9 Å². The molecule has 8 heteroatoms. The van der Waals surface area contributed by atoms with Gasteiger partial charge in [0.15, 0.2) is 8.68 Å². The number of hydrogen-bond acceptors (Lipinski definition) is 4. The van der Waals surface area contributed by atoms with E-state index in [1.807, 2.05) is 0 Å². The van der Waals surface area contributed by atoms with Gasteiger partial charge in [0.2, 0.25) is 0 Å². The number of nitrogens with zero attached hydrogens (tertiary/aromatic N) is 1. The molecule has 1 heterocycles. The molecule has 0 atom stereocenters. The van der Waals surface area contributed by atoms with Crippen LogP contribution in [0.1, 0.15) is 11.3 Å². The van der Waals surface area contributed by atoms with Crippen molar-refractivity contribution in [1.82, 2.24) is 4.98 Å². The summed E-state index contributed by atoms with van der Waals surface area (Å²) in [6.45, 7) is 3.05. The predicted octanol–water partition coefficient (Wildman–Crippen LogP) is 3.35. The van der Waals surface area contributed by atoms with E-state index in [0.29, 0.717) is 5.69 Å². The Morgan fingerprint density at radius 3 is 2.63 bits per heavy atom. The Hall–Kier alpha value is -1.18. The van der Waals surface area contributed by atoms with Crippen molar-refractivity contribution in [1.29, 1.82) is 0 Å². The number of rotatable bonds is 3. The number of benzene rings is 1. The van der Waals surface area contributed by atoms with Crippen LogP contribution < -0.4 is 4.72 Å². The van der Waals surface area contributed by atoms with Crippen LogP contribution in [-0.4, -0.2) is 13.4 Å². The average molecular weight is 321 g/mol. The molecule has 2 rings (SSSR count). The molecule has 2 aromatic rings. The first kappa shape index (κ1) is 14.2. The van der Waals surface area contributed by atoms with E-state index in [9.17, 15) is 12.8 Å². The largest absolute Gasteiger partial charge is 0.279 e. The Morgan fingerprint density at radius 1 is 1.37 bits per heavy atom. The first-order valence-corrected chi connectivity index (χ1v) is 7.90. The van der Waals surface area contributed by atoms with Gasteiger partial charge in [-0.15, -0.1) is 0 Å². The Balaban J connectivity index is 2.42. The summed E-state index contributed by atoms with van der Waals surface area (Å²) in [4.78, 5) is 3.85. The maximum atomic E-state index is 13.4. The number of aromatic nitrogens is 1. The molecule has 0 spiro atoms. The standard InChI is InChI=1S/C11H10ClFN2O2S2/c1-6-8(13)4-3-5-9(6)15-19(16,17)10-7(2)14-11(12)18-10/h3-5,15H,1-2H3. The van der Waals surface area contributed by atoms with Crippen LogP contribution in [0.3, 0.4) is 0 Å². The van der Waals surface area contributed by atoms with Gasteiger partial charge in [0, 0.05) is 5.56 Å². The highest BCUT2D eigenvalue weighted by Gasteiger charge is 2.22. The van der Waals surface area contributed by atoms with Crippen LogP contribution in [0.4, 0.5) is 10.1 Å². The van der Waals surface area contributed by atoms with Gasteiger partial charge in [0.1, 0.15) is 5.82 Å². The van der Waals surface area contributed by atoms with E-state index in [2.05, 4.69) is 9.71 Å². The Morgan fingerprint density at radius 2 is 2.05 bits per heavy atom. The van der Waals surface area contributed by atoms with Gasteiger partial charge >= 0.3 is 0 Å². The van der Waals surface area contributed by atoms with Crippen molar-refractivity contribution in [2.75, 3.05) is 4.72 Å². The van der Waals surface area contributed by atoms with Crippen molar-refractivity contribution in [3.8, 4) is 0 Å². The fourth-order valence-corrected chi connectivity index (χ4v) is 4.37. The zero-order valence-corrected chi connectivity index (χ0v) is 12.5. The minimum atomic E-state index is -3.81. The third-order valence-electron chi connectivity index (χ3n) is 2.48. The van der Waals surface area contributed by atoms with Crippen molar-refractivity contribution in [3.63, 3.8) is 0 Å². The Kier molecular flexibility index (Phi) is 3.80. The molecular weight excluding hydrogens is 311 g/mol. The molecule has 4 nitrogen and oxygen atoms in total. The van der Waals surface area contributed by atoms with E-state index in [-0.39, 0.29) is 19.9 Å². The maximum absolute atomic E-state index is 13.4. The van der Waals surface area contributed by atoms with Gasteiger partial charge in [0.05, 0.1) is 11.4 Å². The van der Waals surface area contributed by atoms with Gasteiger partial charge < -0.3 is 0 Å². The van der Waals surface area contributed by atoms with E-state index < -0.39 is 15.8 Å². The van der Waals surface area contributed by atoms with Gasteiger partial charge in [0.25, 0.3) is 10.0 Å². The second-order valence-electron chi connectivity index (χ2n) is 3.86. The van der Waals surface area contributed by atoms with Crippen molar-refractivity contribution in [3.05, 3.63) is 39.7 Å². The molecule has 19 heavy (non-hydrogen) atoms. The second-order valence-corrected chi connectivity index (χ2v) is 7.32. The van der Waals surface area contributed by atoms with Crippen molar-refractivity contribution in [2.45, 2.75) is 18.1 Å². The molecule has 0 amide bonds. The summed E-state index contributed by atoms with van der Waals surface area (Å²) in [5.74, 6) is -0.473. The van der Waals surface area contributed by atoms with Crippen LogP contribution in [0.5, 0.6) is 0 Å². The first-order chi connectivity index (χ1) is 8.81. The van der Waals surface area contributed by atoms with E-state index in [4.69, 9.17) is 11.6 Å². The molecule has 1 aromatic heterocycles. The highest BCUT2D eigenvalue weighted by molar-refractivity contribution is 7.94. The van der Waals surface area contributed by atoms with Crippen LogP contribution in [0.25, 0.3) is 0 Å². The highest BCUT2D eigenvalue weighted by atomic mass is 35.5. The third-order valence-corrected chi connectivity index (χ3v) is 5.72. The lowest BCUT2D eigenvalue weighted by atomic mass is 10.2. The number of sulfonamides is 1. The minimum absolute atomic E-state index is 0.0289. The van der Waals surface area contributed by atoms with Gasteiger partial charge in [-0.1, -0.05) is 29.0 Å². The molecule has 0 bridgehead atoms. The summed E-state index contributed by atoms with van der Waals surface area (Å²) in [7, 11) is -3.81. The lowest BCUT2D eigenvalue weighted by Crippen LogP contribution is -2.13. The maximum Gasteiger partial charge on any atom is 0.273 e. The van der Waals surface area contributed by atoms with Gasteiger partial charge in [-0.3, -0.25) is 4.72 Å². The minimum Gasteiger partial charge on any atom is -0.279 e. The van der Waals surface area contributed by atoms with Crippen LogP contribution in [-0.2, 0) is 10.0 Å². The molecule has 0 radical (unpaired) electrons. The monoisotopic (exact) mass is 320 g/mol. The lowest BCUT2D eigenvalue weighted by Gasteiger charge is -2.09. The van der Waals surface area contributed by atoms with Crippen LogP contribution in [0.15, 0.2) is 22.4 Å². The Labute approximate surface area is 119 Å². The summed E-state index contributed by atoms with van der Waals surface area (Å²) in [5, 5.41) is 0. The number of thiazole rings is 1. The van der Waals surface area contributed by atoms with E-state index in [1.165, 1.54) is 25.1 Å². The number of aryl methyl sites for hydroxylation is 1.